The molecule has 2 aromatic rings. The number of amides is 1. The van der Waals surface area contributed by atoms with Gasteiger partial charge in [-0.3, -0.25) is 9.59 Å². The average Bonchev–Trinajstić information content (AvgIpc) is 3.12. The van der Waals surface area contributed by atoms with E-state index in [9.17, 15) is 9.59 Å². The van der Waals surface area contributed by atoms with E-state index in [1.807, 2.05) is 31.2 Å². The SMILES string of the molecule is Cc1ccc(N2C[C@@H](C(=O)OCc3nnc(C)o3)CC2=O)cc1. The van der Waals surface area contributed by atoms with Crippen LogP contribution in [-0.4, -0.2) is 28.6 Å². The minimum Gasteiger partial charge on any atom is -0.455 e. The van der Waals surface area contributed by atoms with Crippen LogP contribution in [-0.2, 0) is 20.9 Å². The van der Waals surface area contributed by atoms with Gasteiger partial charge in [-0.15, -0.1) is 10.2 Å². The van der Waals surface area contributed by atoms with Gasteiger partial charge in [0.25, 0.3) is 5.89 Å². The second kappa shape index (κ2) is 6.20. The van der Waals surface area contributed by atoms with Crippen molar-refractivity contribution in [3.8, 4) is 0 Å². The lowest BCUT2D eigenvalue weighted by atomic mass is 10.1. The highest BCUT2D eigenvalue weighted by Crippen LogP contribution is 2.26. The number of rotatable bonds is 4. The van der Waals surface area contributed by atoms with Gasteiger partial charge in [0.2, 0.25) is 11.8 Å². The summed E-state index contributed by atoms with van der Waals surface area (Å²) < 4.78 is 10.3. The molecule has 1 fully saturated rings. The molecule has 23 heavy (non-hydrogen) atoms. The first-order valence-corrected chi connectivity index (χ1v) is 7.35. The number of aryl methyl sites for hydroxylation is 2. The van der Waals surface area contributed by atoms with Gasteiger partial charge in [-0.2, -0.15) is 0 Å². The molecule has 1 saturated heterocycles. The molecule has 7 heteroatoms. The van der Waals surface area contributed by atoms with Crippen LogP contribution in [0.25, 0.3) is 0 Å². The summed E-state index contributed by atoms with van der Waals surface area (Å²) in [7, 11) is 0. The predicted octanol–water partition coefficient (Wildman–Crippen LogP) is 1.78. The van der Waals surface area contributed by atoms with Crippen LogP contribution in [0.15, 0.2) is 28.7 Å². The number of anilines is 1. The van der Waals surface area contributed by atoms with Crippen LogP contribution in [0, 0.1) is 19.8 Å². The van der Waals surface area contributed by atoms with Crippen LogP contribution in [0.5, 0.6) is 0 Å². The fraction of sp³-hybridized carbons (Fsp3) is 0.375. The number of aromatic nitrogens is 2. The highest BCUT2D eigenvalue weighted by Gasteiger charge is 2.36. The summed E-state index contributed by atoms with van der Waals surface area (Å²) >= 11 is 0. The molecule has 1 amide bonds. The van der Waals surface area contributed by atoms with Crippen LogP contribution in [0.4, 0.5) is 5.69 Å². The van der Waals surface area contributed by atoms with Gasteiger partial charge >= 0.3 is 5.97 Å². The standard InChI is InChI=1S/C16H17N3O4/c1-10-3-5-13(6-4-10)19-8-12(7-15(19)20)16(21)22-9-14-18-17-11(2)23-14/h3-6,12H,7-9H2,1-2H3/t12-/m0/s1. The molecule has 0 spiro atoms. The van der Waals surface area contributed by atoms with Crippen LogP contribution in [0.2, 0.25) is 0 Å². The second-order valence-corrected chi connectivity index (χ2v) is 5.56. The van der Waals surface area contributed by atoms with Crippen molar-refractivity contribution in [2.75, 3.05) is 11.4 Å². The van der Waals surface area contributed by atoms with E-state index in [1.165, 1.54) is 0 Å². The largest absolute Gasteiger partial charge is 0.455 e. The minimum absolute atomic E-state index is 0.0745. The molecule has 1 aliphatic rings. The summed E-state index contributed by atoms with van der Waals surface area (Å²) in [5, 5.41) is 7.42. The fourth-order valence-electron chi connectivity index (χ4n) is 2.49. The lowest BCUT2D eigenvalue weighted by Crippen LogP contribution is -2.26. The van der Waals surface area contributed by atoms with Gasteiger partial charge in [0.05, 0.1) is 5.92 Å². The van der Waals surface area contributed by atoms with E-state index < -0.39 is 11.9 Å². The van der Waals surface area contributed by atoms with E-state index in [1.54, 1.807) is 11.8 Å². The number of nitrogens with zero attached hydrogens (tertiary/aromatic N) is 3. The topological polar surface area (TPSA) is 85.5 Å². The van der Waals surface area contributed by atoms with E-state index in [0.717, 1.165) is 11.3 Å². The Morgan fingerprint density at radius 1 is 1.30 bits per heavy atom. The molecule has 1 atom stereocenters. The molecule has 0 radical (unpaired) electrons. The third-order valence-electron chi connectivity index (χ3n) is 3.71. The summed E-state index contributed by atoms with van der Waals surface area (Å²) in [5.41, 5.74) is 1.91. The smallest absolute Gasteiger partial charge is 0.311 e. The molecule has 0 unspecified atom stereocenters. The summed E-state index contributed by atoms with van der Waals surface area (Å²) in [6.45, 7) is 3.89. The van der Waals surface area contributed by atoms with Crippen molar-refractivity contribution in [3.05, 3.63) is 41.6 Å². The summed E-state index contributed by atoms with van der Waals surface area (Å²) in [6.07, 6.45) is 0.148. The second-order valence-electron chi connectivity index (χ2n) is 5.56. The van der Waals surface area contributed by atoms with E-state index in [4.69, 9.17) is 9.15 Å². The molecule has 1 aromatic heterocycles. The fourth-order valence-corrected chi connectivity index (χ4v) is 2.49. The van der Waals surface area contributed by atoms with Gasteiger partial charge in [-0.25, -0.2) is 0 Å². The molecule has 7 nitrogen and oxygen atoms in total. The Morgan fingerprint density at radius 2 is 2.04 bits per heavy atom. The molecule has 0 N–H and O–H groups in total. The first-order valence-electron chi connectivity index (χ1n) is 7.35. The molecule has 3 rings (SSSR count). The number of hydrogen-bond acceptors (Lipinski definition) is 6. The number of benzene rings is 1. The van der Waals surface area contributed by atoms with E-state index >= 15 is 0 Å². The molecule has 0 aliphatic carbocycles. The molecule has 1 aliphatic heterocycles. The summed E-state index contributed by atoms with van der Waals surface area (Å²) in [5.74, 6) is -0.325. The Bertz CT molecular complexity index is 723. The van der Waals surface area contributed by atoms with Gasteiger partial charge < -0.3 is 14.1 Å². The Labute approximate surface area is 133 Å². The third-order valence-corrected chi connectivity index (χ3v) is 3.71. The monoisotopic (exact) mass is 315 g/mol. The van der Waals surface area contributed by atoms with Gasteiger partial charge in [0, 0.05) is 25.6 Å². The number of carbonyl (C=O) groups excluding carboxylic acids is 2. The van der Waals surface area contributed by atoms with Gasteiger partial charge in [-0.05, 0) is 19.1 Å². The summed E-state index contributed by atoms with van der Waals surface area (Å²) in [4.78, 5) is 25.9. The maximum absolute atomic E-state index is 12.1. The van der Waals surface area contributed by atoms with Crippen molar-refractivity contribution in [1.82, 2.24) is 10.2 Å². The van der Waals surface area contributed by atoms with Crippen LogP contribution >= 0.6 is 0 Å². The van der Waals surface area contributed by atoms with Gasteiger partial charge in [-0.1, -0.05) is 17.7 Å². The van der Waals surface area contributed by atoms with Crippen LogP contribution < -0.4 is 4.90 Å². The molecule has 0 bridgehead atoms. The zero-order valence-corrected chi connectivity index (χ0v) is 13.0. The molecule has 1 aromatic carbocycles. The maximum atomic E-state index is 12.1. The maximum Gasteiger partial charge on any atom is 0.311 e. The molecular formula is C16H17N3O4. The number of hydrogen-bond donors (Lipinski definition) is 0. The lowest BCUT2D eigenvalue weighted by Gasteiger charge is -2.16. The van der Waals surface area contributed by atoms with E-state index in [2.05, 4.69) is 10.2 Å². The predicted molar refractivity (Wildman–Crippen MR) is 80.5 cm³/mol. The van der Waals surface area contributed by atoms with E-state index in [-0.39, 0.29) is 24.8 Å². The molecular weight excluding hydrogens is 298 g/mol. The zero-order chi connectivity index (χ0) is 16.4. The molecule has 0 saturated carbocycles. The zero-order valence-electron chi connectivity index (χ0n) is 13.0. The Hall–Kier alpha value is -2.70. The summed E-state index contributed by atoms with van der Waals surface area (Å²) in [6, 6.07) is 7.63. The van der Waals surface area contributed by atoms with Crippen molar-refractivity contribution in [3.63, 3.8) is 0 Å². The van der Waals surface area contributed by atoms with Crippen LogP contribution in [0.3, 0.4) is 0 Å². The van der Waals surface area contributed by atoms with Crippen molar-refractivity contribution >= 4 is 17.6 Å². The van der Waals surface area contributed by atoms with Crippen LogP contribution in [0.1, 0.15) is 23.8 Å². The quantitative estimate of drug-likeness (QED) is 0.800. The minimum atomic E-state index is -0.479. The van der Waals surface area contributed by atoms with E-state index in [0.29, 0.717) is 12.4 Å². The first kappa shape index (κ1) is 15.2. The van der Waals surface area contributed by atoms with Crippen molar-refractivity contribution in [2.24, 2.45) is 5.92 Å². The normalized spacial score (nSPS) is 17.6. The van der Waals surface area contributed by atoms with Crippen molar-refractivity contribution in [2.45, 2.75) is 26.9 Å². The Balaban J connectivity index is 1.60. The lowest BCUT2D eigenvalue weighted by molar-refractivity contribution is -0.150. The first-order chi connectivity index (χ1) is 11.0. The Kier molecular flexibility index (Phi) is 4.10. The van der Waals surface area contributed by atoms with Crippen molar-refractivity contribution < 1.29 is 18.7 Å². The molecule has 120 valence electrons. The van der Waals surface area contributed by atoms with Gasteiger partial charge in [0.1, 0.15) is 0 Å². The Morgan fingerprint density at radius 3 is 2.70 bits per heavy atom. The van der Waals surface area contributed by atoms with Crippen molar-refractivity contribution in [1.29, 1.82) is 0 Å². The number of esters is 1. The highest BCUT2D eigenvalue weighted by atomic mass is 16.5. The average molecular weight is 315 g/mol. The van der Waals surface area contributed by atoms with Gasteiger partial charge in [0.15, 0.2) is 6.61 Å². The highest BCUT2D eigenvalue weighted by molar-refractivity contribution is 5.99. The number of ether oxygens (including phenoxy) is 1. The third kappa shape index (κ3) is 3.39. The number of carbonyl (C=O) groups is 2. The molecule has 2 heterocycles.